The number of hydrogen-bond acceptors (Lipinski definition) is 8. The van der Waals surface area contributed by atoms with E-state index in [-0.39, 0.29) is 25.7 Å². The van der Waals surface area contributed by atoms with E-state index < -0.39 is 53.8 Å². The van der Waals surface area contributed by atoms with Crippen LogP contribution in [0.25, 0.3) is 0 Å². The summed E-state index contributed by atoms with van der Waals surface area (Å²) in [6.07, 6.45) is 4.14. The molecule has 4 atom stereocenters. The molecule has 0 heterocycles. The fraction of sp³-hybridized carbons (Fsp3) is 0.542. The molecule has 0 bridgehead atoms. The van der Waals surface area contributed by atoms with Crippen LogP contribution in [0, 0.1) is 0 Å². The molecule has 0 fully saturated rings. The van der Waals surface area contributed by atoms with Gasteiger partial charge < -0.3 is 32.5 Å². The number of nitrogens with two attached hydrogens (primary N) is 2. The van der Waals surface area contributed by atoms with Crippen LogP contribution in [0.2, 0.25) is 0 Å². The molecule has 13 heteroatoms. The third-order valence-corrected chi connectivity index (χ3v) is 6.71. The minimum Gasteiger partial charge on any atom is -0.480 e. The third kappa shape index (κ3) is 12.8. The molecule has 0 aliphatic heterocycles. The summed E-state index contributed by atoms with van der Waals surface area (Å²) in [7, 11) is 0. The van der Waals surface area contributed by atoms with Gasteiger partial charge in [-0.05, 0) is 48.8 Å². The van der Waals surface area contributed by atoms with Crippen LogP contribution in [0.5, 0.6) is 0 Å². The molecule has 0 spiro atoms. The molecule has 0 radical (unpaired) electrons. The lowest BCUT2D eigenvalue weighted by Gasteiger charge is -2.25. The van der Waals surface area contributed by atoms with E-state index in [4.69, 9.17) is 11.5 Å². The number of amides is 4. The first-order valence-corrected chi connectivity index (χ1v) is 14.6. The number of carbonyl (C=O) groups excluding carboxylic acids is 4. The van der Waals surface area contributed by atoms with Gasteiger partial charge >= 0.3 is 5.97 Å². The van der Waals surface area contributed by atoms with Crippen molar-refractivity contribution in [3.63, 3.8) is 0 Å². The van der Waals surface area contributed by atoms with E-state index in [1.165, 1.54) is 11.8 Å². The van der Waals surface area contributed by atoms with Crippen LogP contribution in [-0.4, -0.2) is 82.9 Å². The molecular formula is C24H37N5O6S2. The number of carboxylic acid groups (broad SMARTS) is 1. The maximum Gasteiger partial charge on any atom is 0.326 e. The van der Waals surface area contributed by atoms with Gasteiger partial charge in [0.15, 0.2) is 0 Å². The quantitative estimate of drug-likeness (QED) is 0.143. The lowest BCUT2D eigenvalue weighted by molar-refractivity contribution is -0.142. The third-order valence-electron chi connectivity index (χ3n) is 5.42. The smallest absolute Gasteiger partial charge is 0.326 e. The Morgan fingerprint density at radius 1 is 0.811 bits per heavy atom. The monoisotopic (exact) mass is 555 g/mol. The lowest BCUT2D eigenvalue weighted by Crippen LogP contribution is -2.57. The number of primary amides is 1. The molecule has 11 nitrogen and oxygen atoms in total. The highest BCUT2D eigenvalue weighted by Gasteiger charge is 2.30. The SMILES string of the molecule is CSCCC(N)C(=O)NC(CCSC)C(=O)NC(CCC(N)=O)C(=O)NC(Cc1ccccc1)C(=O)O. The zero-order valence-electron chi connectivity index (χ0n) is 21.1. The number of thioether (sulfide) groups is 2. The molecule has 0 aliphatic carbocycles. The van der Waals surface area contributed by atoms with Gasteiger partial charge in [0.2, 0.25) is 23.6 Å². The molecule has 4 amide bonds. The Morgan fingerprint density at radius 2 is 1.32 bits per heavy atom. The number of benzene rings is 1. The number of hydrogen-bond donors (Lipinski definition) is 6. The molecule has 0 aromatic heterocycles. The van der Waals surface area contributed by atoms with Crippen LogP contribution in [0.3, 0.4) is 0 Å². The van der Waals surface area contributed by atoms with Crippen LogP contribution in [0.4, 0.5) is 0 Å². The van der Waals surface area contributed by atoms with E-state index >= 15 is 0 Å². The maximum atomic E-state index is 13.1. The van der Waals surface area contributed by atoms with Gasteiger partial charge in [-0.2, -0.15) is 23.5 Å². The Labute approximate surface area is 225 Å². The van der Waals surface area contributed by atoms with Gasteiger partial charge in [-0.1, -0.05) is 30.3 Å². The van der Waals surface area contributed by atoms with Crippen molar-refractivity contribution in [3.8, 4) is 0 Å². The summed E-state index contributed by atoms with van der Waals surface area (Å²) in [5, 5.41) is 17.3. The first-order chi connectivity index (χ1) is 17.6. The minimum absolute atomic E-state index is 0.0265. The van der Waals surface area contributed by atoms with Crippen molar-refractivity contribution < 1.29 is 29.1 Å². The number of nitrogens with one attached hydrogen (secondary N) is 3. The van der Waals surface area contributed by atoms with E-state index in [1.807, 2.05) is 12.5 Å². The Morgan fingerprint density at radius 3 is 1.86 bits per heavy atom. The van der Waals surface area contributed by atoms with Gasteiger partial charge in [0.25, 0.3) is 0 Å². The average molecular weight is 556 g/mol. The van der Waals surface area contributed by atoms with Crippen LogP contribution < -0.4 is 27.4 Å². The van der Waals surface area contributed by atoms with Gasteiger partial charge in [-0.3, -0.25) is 19.2 Å². The van der Waals surface area contributed by atoms with Gasteiger partial charge in [0, 0.05) is 12.8 Å². The van der Waals surface area contributed by atoms with Crippen molar-refractivity contribution in [1.29, 1.82) is 0 Å². The second kappa shape index (κ2) is 17.6. The zero-order valence-corrected chi connectivity index (χ0v) is 22.7. The Hall–Kier alpha value is -2.77. The molecule has 1 aromatic carbocycles. The molecule has 1 rings (SSSR count). The van der Waals surface area contributed by atoms with E-state index in [0.717, 1.165) is 0 Å². The predicted octanol–water partition coefficient (Wildman–Crippen LogP) is -0.133. The van der Waals surface area contributed by atoms with Crippen molar-refractivity contribution in [2.24, 2.45) is 11.5 Å². The number of carboxylic acids is 1. The van der Waals surface area contributed by atoms with Crippen LogP contribution in [-0.2, 0) is 30.4 Å². The molecule has 0 saturated carbocycles. The predicted molar refractivity (Wildman–Crippen MR) is 146 cm³/mol. The Kier molecular flexibility index (Phi) is 15.4. The largest absolute Gasteiger partial charge is 0.480 e. The van der Waals surface area contributed by atoms with E-state index in [1.54, 1.807) is 42.1 Å². The normalized spacial score (nSPS) is 14.0. The van der Waals surface area contributed by atoms with Crippen molar-refractivity contribution in [3.05, 3.63) is 35.9 Å². The highest BCUT2D eigenvalue weighted by atomic mass is 32.2. The molecular weight excluding hydrogens is 518 g/mol. The fourth-order valence-electron chi connectivity index (χ4n) is 3.31. The zero-order chi connectivity index (χ0) is 27.8. The van der Waals surface area contributed by atoms with Gasteiger partial charge in [0.1, 0.15) is 18.1 Å². The van der Waals surface area contributed by atoms with Gasteiger partial charge in [-0.15, -0.1) is 0 Å². The van der Waals surface area contributed by atoms with Crippen LogP contribution >= 0.6 is 23.5 Å². The Bertz CT molecular complexity index is 905. The number of carbonyl (C=O) groups is 5. The molecule has 8 N–H and O–H groups in total. The van der Waals surface area contributed by atoms with Gasteiger partial charge in [0.05, 0.1) is 6.04 Å². The van der Waals surface area contributed by atoms with Gasteiger partial charge in [-0.25, -0.2) is 4.79 Å². The summed E-state index contributed by atoms with van der Waals surface area (Å²) in [5.74, 6) is -2.60. The maximum absolute atomic E-state index is 13.1. The van der Waals surface area contributed by atoms with Crippen molar-refractivity contribution in [1.82, 2.24) is 16.0 Å². The second-order valence-corrected chi connectivity index (χ2v) is 10.4. The summed E-state index contributed by atoms with van der Waals surface area (Å²) >= 11 is 3.02. The summed E-state index contributed by atoms with van der Waals surface area (Å²) in [6.45, 7) is 0. The van der Waals surface area contributed by atoms with E-state index in [0.29, 0.717) is 23.5 Å². The van der Waals surface area contributed by atoms with Crippen molar-refractivity contribution in [2.75, 3.05) is 24.0 Å². The molecule has 37 heavy (non-hydrogen) atoms. The first kappa shape index (κ1) is 32.3. The number of aliphatic carboxylic acids is 1. The standard InChI is InChI=1S/C24H37N5O6S2/c1-36-12-10-16(25)21(31)27-18(11-13-37-2)23(33)28-17(8-9-20(26)30)22(32)29-19(24(34)35)14-15-6-4-3-5-7-15/h3-7,16-19H,8-14,25H2,1-2H3,(H2,26,30)(H,27,31)(H,28,33)(H,29,32)(H,34,35). The van der Waals surface area contributed by atoms with Crippen LogP contribution in [0.1, 0.15) is 31.2 Å². The van der Waals surface area contributed by atoms with E-state index in [9.17, 15) is 29.1 Å². The lowest BCUT2D eigenvalue weighted by atomic mass is 10.0. The summed E-state index contributed by atoms with van der Waals surface area (Å²) in [6, 6.07) is 4.50. The minimum atomic E-state index is -1.26. The second-order valence-electron chi connectivity index (χ2n) is 8.39. The van der Waals surface area contributed by atoms with Crippen molar-refractivity contribution >= 4 is 53.1 Å². The van der Waals surface area contributed by atoms with E-state index in [2.05, 4.69) is 16.0 Å². The highest BCUT2D eigenvalue weighted by Crippen LogP contribution is 2.08. The summed E-state index contributed by atoms with van der Waals surface area (Å²) < 4.78 is 0. The molecule has 4 unspecified atom stereocenters. The average Bonchev–Trinajstić information content (AvgIpc) is 2.86. The van der Waals surface area contributed by atoms with Crippen molar-refractivity contribution in [2.45, 2.75) is 56.3 Å². The molecule has 0 saturated heterocycles. The summed E-state index contributed by atoms with van der Waals surface area (Å²) in [4.78, 5) is 61.8. The molecule has 0 aliphatic rings. The van der Waals surface area contributed by atoms with Crippen LogP contribution in [0.15, 0.2) is 30.3 Å². The topological polar surface area (TPSA) is 194 Å². The first-order valence-electron chi connectivity index (χ1n) is 11.8. The summed E-state index contributed by atoms with van der Waals surface area (Å²) in [5.41, 5.74) is 11.9. The molecule has 1 aromatic rings. The fourth-order valence-corrected chi connectivity index (χ4v) is 4.27. The number of rotatable bonds is 18. The highest BCUT2D eigenvalue weighted by molar-refractivity contribution is 7.98. The Balaban J connectivity index is 2.99. The molecule has 206 valence electrons.